The second kappa shape index (κ2) is 9.51. The van der Waals surface area contributed by atoms with Crippen LogP contribution < -0.4 is 10.5 Å². The third-order valence-electron chi connectivity index (χ3n) is 6.23. The molecule has 0 fully saturated rings. The Labute approximate surface area is 197 Å². The molecule has 2 aromatic heterocycles. The molecule has 0 radical (unpaired) electrons. The summed E-state index contributed by atoms with van der Waals surface area (Å²) in [6.07, 6.45) is 15.7. The summed E-state index contributed by atoms with van der Waals surface area (Å²) < 4.78 is 12.9. The van der Waals surface area contributed by atoms with Crippen molar-refractivity contribution in [2.24, 2.45) is 0 Å². The number of rotatable bonds is 6. The maximum atomic E-state index is 13.2. The van der Waals surface area contributed by atoms with Gasteiger partial charge in [0.05, 0.1) is 12.2 Å². The quantitative estimate of drug-likeness (QED) is 0.649. The summed E-state index contributed by atoms with van der Waals surface area (Å²) in [5, 5.41) is 0. The molecule has 174 valence electrons. The number of Topliss-reactive ketones (excluding diaryl/α,β-unsaturated/α-hetero) is 1. The Morgan fingerprint density at radius 3 is 2.88 bits per heavy atom. The number of ether oxygens (including phenoxy) is 2. The summed E-state index contributed by atoms with van der Waals surface area (Å²) in [7, 11) is 0. The van der Waals surface area contributed by atoms with Crippen molar-refractivity contribution >= 4 is 11.7 Å². The van der Waals surface area contributed by atoms with Crippen molar-refractivity contribution in [3.63, 3.8) is 0 Å². The van der Waals surface area contributed by atoms with Crippen molar-refractivity contribution in [3.05, 3.63) is 88.8 Å². The Kier molecular flexibility index (Phi) is 6.12. The first-order valence-corrected chi connectivity index (χ1v) is 11.5. The summed E-state index contributed by atoms with van der Waals surface area (Å²) in [6, 6.07) is 5.18. The molecule has 34 heavy (non-hydrogen) atoms. The van der Waals surface area contributed by atoms with E-state index in [0.29, 0.717) is 30.4 Å². The highest BCUT2D eigenvalue weighted by Crippen LogP contribution is 2.28. The molecule has 0 aromatic carbocycles. The second-order valence-corrected chi connectivity index (χ2v) is 8.63. The molecule has 0 spiro atoms. The summed E-state index contributed by atoms with van der Waals surface area (Å²) in [5.74, 6) is 1.01. The number of carbonyl (C=O) groups is 1. The standard InChI is InChI=1S/C26H26N4O4/c1-18-9-12-29-25(32)14-22(20-7-10-27-11-8-20)28-26(29)30(18)15-23(31)24-17-33-16-21(34-24)13-19-5-3-2-4-6-19/h2-3,5,7-8,10-11,14,16-18H,4,6,9,12-13,15H2,1H3. The van der Waals surface area contributed by atoms with Crippen LogP contribution in [0.25, 0.3) is 11.3 Å². The monoisotopic (exact) mass is 458 g/mol. The van der Waals surface area contributed by atoms with Crippen LogP contribution in [0.1, 0.15) is 32.6 Å². The zero-order valence-electron chi connectivity index (χ0n) is 19.0. The highest BCUT2D eigenvalue weighted by Gasteiger charge is 2.30. The fourth-order valence-corrected chi connectivity index (χ4v) is 4.31. The summed E-state index contributed by atoms with van der Waals surface area (Å²) >= 11 is 0. The van der Waals surface area contributed by atoms with Gasteiger partial charge in [-0.1, -0.05) is 23.8 Å². The van der Waals surface area contributed by atoms with Gasteiger partial charge in [0.2, 0.25) is 17.5 Å². The van der Waals surface area contributed by atoms with Gasteiger partial charge >= 0.3 is 0 Å². The minimum absolute atomic E-state index is 0.0291. The van der Waals surface area contributed by atoms with Crippen LogP contribution in [-0.2, 0) is 20.8 Å². The number of nitrogens with zero attached hydrogens (tertiary/aromatic N) is 4. The van der Waals surface area contributed by atoms with Crippen LogP contribution in [0.3, 0.4) is 0 Å². The fourth-order valence-electron chi connectivity index (χ4n) is 4.31. The molecule has 0 saturated carbocycles. The van der Waals surface area contributed by atoms with Crippen LogP contribution in [0.2, 0.25) is 0 Å². The summed E-state index contributed by atoms with van der Waals surface area (Å²) in [4.78, 5) is 36.7. The third-order valence-corrected chi connectivity index (χ3v) is 6.23. The van der Waals surface area contributed by atoms with Crippen LogP contribution in [0.4, 0.5) is 5.95 Å². The molecule has 2 aromatic rings. The number of hydrogen-bond donors (Lipinski definition) is 0. The smallest absolute Gasteiger partial charge is 0.255 e. The van der Waals surface area contributed by atoms with Crippen LogP contribution >= 0.6 is 0 Å². The molecule has 0 amide bonds. The minimum atomic E-state index is -0.230. The van der Waals surface area contributed by atoms with E-state index in [-0.39, 0.29) is 29.7 Å². The van der Waals surface area contributed by atoms with Crippen molar-refractivity contribution in [2.45, 2.75) is 45.2 Å². The number of ketones is 1. The topological polar surface area (TPSA) is 86.6 Å². The van der Waals surface area contributed by atoms with E-state index in [1.165, 1.54) is 24.2 Å². The number of aromatic nitrogens is 3. The van der Waals surface area contributed by atoms with E-state index in [0.717, 1.165) is 24.8 Å². The summed E-state index contributed by atoms with van der Waals surface area (Å²) in [5.41, 5.74) is 2.45. The zero-order valence-corrected chi connectivity index (χ0v) is 19.0. The predicted molar refractivity (Wildman–Crippen MR) is 128 cm³/mol. The van der Waals surface area contributed by atoms with Gasteiger partial charge in [-0.25, -0.2) is 4.98 Å². The molecular weight excluding hydrogens is 432 g/mol. The predicted octanol–water partition coefficient (Wildman–Crippen LogP) is 3.87. The van der Waals surface area contributed by atoms with Crippen molar-refractivity contribution in [1.29, 1.82) is 0 Å². The Balaban J connectivity index is 1.35. The van der Waals surface area contributed by atoms with E-state index < -0.39 is 0 Å². The molecule has 8 nitrogen and oxygen atoms in total. The molecular formula is C26H26N4O4. The van der Waals surface area contributed by atoms with Crippen molar-refractivity contribution in [1.82, 2.24) is 14.5 Å². The molecule has 1 unspecified atom stereocenters. The Bertz CT molecular complexity index is 1270. The number of allylic oxidation sites excluding steroid dienone is 4. The largest absolute Gasteiger partial charge is 0.465 e. The molecule has 4 heterocycles. The lowest BCUT2D eigenvalue weighted by Gasteiger charge is -2.36. The highest BCUT2D eigenvalue weighted by atomic mass is 16.5. The maximum Gasteiger partial charge on any atom is 0.255 e. The van der Waals surface area contributed by atoms with Crippen molar-refractivity contribution in [2.75, 3.05) is 11.4 Å². The van der Waals surface area contributed by atoms with Crippen LogP contribution in [-0.4, -0.2) is 32.9 Å². The zero-order chi connectivity index (χ0) is 23.5. The van der Waals surface area contributed by atoms with Crippen molar-refractivity contribution < 1.29 is 14.3 Å². The van der Waals surface area contributed by atoms with Gasteiger partial charge in [-0.15, -0.1) is 0 Å². The van der Waals surface area contributed by atoms with Crippen LogP contribution in [0.15, 0.2) is 83.2 Å². The van der Waals surface area contributed by atoms with E-state index in [1.807, 2.05) is 30.0 Å². The molecule has 5 rings (SSSR count). The van der Waals surface area contributed by atoms with E-state index in [1.54, 1.807) is 17.0 Å². The molecule has 0 bridgehead atoms. The Morgan fingerprint density at radius 1 is 1.24 bits per heavy atom. The molecule has 0 N–H and O–H groups in total. The molecule has 1 atom stereocenters. The number of pyridine rings is 1. The van der Waals surface area contributed by atoms with E-state index in [2.05, 4.69) is 17.1 Å². The number of hydrogen-bond acceptors (Lipinski definition) is 7. The van der Waals surface area contributed by atoms with E-state index in [4.69, 9.17) is 14.5 Å². The van der Waals surface area contributed by atoms with Crippen molar-refractivity contribution in [3.8, 4) is 11.3 Å². The van der Waals surface area contributed by atoms with Gasteiger partial charge in [-0.3, -0.25) is 19.1 Å². The van der Waals surface area contributed by atoms with Gasteiger partial charge in [0.15, 0.2) is 0 Å². The maximum absolute atomic E-state index is 13.2. The highest BCUT2D eigenvalue weighted by molar-refractivity contribution is 5.96. The van der Waals surface area contributed by atoms with Gasteiger partial charge in [0, 0.05) is 43.0 Å². The average molecular weight is 459 g/mol. The first kappa shape index (κ1) is 21.9. The lowest BCUT2D eigenvalue weighted by atomic mass is 10.0. The number of carbonyl (C=O) groups excluding carboxylic acids is 1. The first-order chi connectivity index (χ1) is 16.6. The van der Waals surface area contributed by atoms with Gasteiger partial charge in [-0.05, 0) is 38.3 Å². The Morgan fingerprint density at radius 2 is 2.09 bits per heavy atom. The number of anilines is 1. The van der Waals surface area contributed by atoms with Crippen LogP contribution in [0, 0.1) is 0 Å². The first-order valence-electron chi connectivity index (χ1n) is 11.5. The molecule has 0 saturated heterocycles. The van der Waals surface area contributed by atoms with Gasteiger partial charge in [0.1, 0.15) is 18.3 Å². The van der Waals surface area contributed by atoms with Gasteiger partial charge in [-0.2, -0.15) is 0 Å². The van der Waals surface area contributed by atoms with E-state index in [9.17, 15) is 9.59 Å². The SMILES string of the molecule is CC1CCn2c(nc(-c3ccncc3)cc2=O)N1CC(=O)C1=COC=C(CC2=CC=CCC2)O1. The second-order valence-electron chi connectivity index (χ2n) is 8.63. The molecule has 3 aliphatic rings. The van der Waals surface area contributed by atoms with Gasteiger partial charge < -0.3 is 14.4 Å². The third kappa shape index (κ3) is 4.57. The average Bonchev–Trinajstić information content (AvgIpc) is 2.87. The molecule has 2 aliphatic heterocycles. The van der Waals surface area contributed by atoms with Crippen LogP contribution in [0.5, 0.6) is 0 Å². The summed E-state index contributed by atoms with van der Waals surface area (Å²) in [6.45, 7) is 2.62. The van der Waals surface area contributed by atoms with Gasteiger partial charge in [0.25, 0.3) is 5.56 Å². The number of fused-ring (bicyclic) bond motifs is 1. The molecule has 8 heteroatoms. The normalized spacial score (nSPS) is 19.3. The van der Waals surface area contributed by atoms with E-state index >= 15 is 0 Å². The Hall–Kier alpha value is -3.94. The fraction of sp³-hybridized carbons (Fsp3) is 0.308. The lowest BCUT2D eigenvalue weighted by molar-refractivity contribution is -0.117. The minimum Gasteiger partial charge on any atom is -0.465 e. The lowest BCUT2D eigenvalue weighted by Crippen LogP contribution is -2.46. The molecule has 1 aliphatic carbocycles.